The highest BCUT2D eigenvalue weighted by atomic mass is 31.2. The molecule has 0 aliphatic carbocycles. The molecule has 0 radical (unpaired) electrons. The van der Waals surface area contributed by atoms with Gasteiger partial charge >= 0.3 is 6.18 Å². The van der Waals surface area contributed by atoms with E-state index in [1.54, 1.807) is 6.07 Å². The maximum Gasteiger partial charge on any atom is 0.409 e. The molecule has 0 saturated heterocycles. The summed E-state index contributed by atoms with van der Waals surface area (Å²) in [6.45, 7) is 4.95. The lowest BCUT2D eigenvalue weighted by Gasteiger charge is -2.42. The Morgan fingerprint density at radius 2 is 1.21 bits per heavy atom. The summed E-state index contributed by atoms with van der Waals surface area (Å²) >= 11 is 0. The molecule has 42 heavy (non-hydrogen) atoms. The molecule has 0 spiro atoms. The van der Waals surface area contributed by atoms with Crippen molar-refractivity contribution in [2.24, 2.45) is 5.92 Å². The van der Waals surface area contributed by atoms with Crippen LogP contribution in [0.3, 0.4) is 0 Å². The van der Waals surface area contributed by atoms with Gasteiger partial charge in [-0.3, -0.25) is 14.4 Å². The number of hydrogen-bond acceptors (Lipinski definition) is 7. The topological polar surface area (TPSA) is 96.0 Å². The minimum atomic E-state index is -6.10. The van der Waals surface area contributed by atoms with Gasteiger partial charge in [0, 0.05) is 23.3 Å². The Morgan fingerprint density at radius 1 is 0.738 bits per heavy atom. The van der Waals surface area contributed by atoms with Crippen LogP contribution in [0.4, 0.5) is 13.2 Å². The van der Waals surface area contributed by atoms with Crippen LogP contribution in [0.25, 0.3) is 0 Å². The van der Waals surface area contributed by atoms with Gasteiger partial charge in [-0.1, -0.05) is 62.4 Å². The SMILES string of the molecule is COc1cc(OC)c(C(=O)P(=O)(C(=O)c2c(C)cccc2C)C(C(=O)c2ccccc2)(C(C)C)C(F)(F)F)c(OC)c1. The zero-order valence-electron chi connectivity index (χ0n) is 24.3. The third-order valence-electron chi connectivity index (χ3n) is 7.34. The van der Waals surface area contributed by atoms with Crippen molar-refractivity contribution >= 4 is 24.0 Å². The number of methoxy groups -OCH3 is 3. The van der Waals surface area contributed by atoms with E-state index >= 15 is 17.7 Å². The minimum Gasteiger partial charge on any atom is -0.496 e. The van der Waals surface area contributed by atoms with Crippen molar-refractivity contribution in [2.75, 3.05) is 21.3 Å². The first-order chi connectivity index (χ1) is 19.6. The number of benzene rings is 3. The van der Waals surface area contributed by atoms with Crippen molar-refractivity contribution in [2.45, 2.75) is 39.0 Å². The van der Waals surface area contributed by atoms with Gasteiger partial charge in [0.1, 0.15) is 22.8 Å². The number of aryl methyl sites for hydroxylation is 2. The van der Waals surface area contributed by atoms with Crippen LogP contribution in [0, 0.1) is 19.8 Å². The fraction of sp³-hybridized carbons (Fsp3) is 0.323. The number of Topliss-reactive ketones (excluding diaryl/α,β-unsaturated/α-hetero) is 1. The third kappa shape index (κ3) is 5.02. The third-order valence-corrected chi connectivity index (χ3v) is 10.9. The molecule has 7 nitrogen and oxygen atoms in total. The van der Waals surface area contributed by atoms with Crippen LogP contribution in [-0.4, -0.2) is 49.5 Å². The minimum absolute atomic E-state index is 0.113. The van der Waals surface area contributed by atoms with E-state index in [1.807, 2.05) is 0 Å². The highest BCUT2D eigenvalue weighted by Gasteiger charge is 2.76. The summed E-state index contributed by atoms with van der Waals surface area (Å²) in [4.78, 5) is 43.4. The molecule has 0 heterocycles. The Labute approximate surface area is 242 Å². The van der Waals surface area contributed by atoms with Crippen LogP contribution < -0.4 is 14.2 Å². The zero-order valence-corrected chi connectivity index (χ0v) is 25.2. The van der Waals surface area contributed by atoms with Crippen LogP contribution >= 0.6 is 7.14 Å². The van der Waals surface area contributed by atoms with Gasteiger partial charge in [0.15, 0.2) is 10.9 Å². The second-order valence-corrected chi connectivity index (χ2v) is 12.7. The number of carbonyl (C=O) groups is 3. The molecule has 0 aliphatic heterocycles. The van der Waals surface area contributed by atoms with Crippen LogP contribution in [-0.2, 0) is 4.57 Å². The molecule has 0 fully saturated rings. The molecule has 0 amide bonds. The first-order valence-corrected chi connectivity index (χ1v) is 14.6. The molecule has 0 N–H and O–H groups in total. The first kappa shape index (κ1) is 32.6. The standard InChI is InChI=1S/C31H32F3O7P/c1-18(2)30(31(32,33)34,27(35)21-14-9-8-10-15-21)42(38,28(36)25-19(3)12-11-13-20(25)4)29(37)26-23(40-6)16-22(39-5)17-24(26)41-7/h8-18H,1-7H3. The van der Waals surface area contributed by atoms with E-state index in [4.69, 9.17) is 14.2 Å². The average Bonchev–Trinajstić information content (AvgIpc) is 2.95. The van der Waals surface area contributed by atoms with Crippen molar-refractivity contribution in [3.05, 3.63) is 88.5 Å². The summed E-state index contributed by atoms with van der Waals surface area (Å²) in [7, 11) is -2.52. The Hall–Kier alpha value is -3.91. The second kappa shape index (κ2) is 12.1. The van der Waals surface area contributed by atoms with Gasteiger partial charge in [-0.15, -0.1) is 0 Å². The highest BCUT2D eigenvalue weighted by molar-refractivity contribution is 7.97. The summed E-state index contributed by atoms with van der Waals surface area (Å²) in [6.07, 6.45) is -5.63. The molecule has 2 atom stereocenters. The Bertz CT molecular complexity index is 1520. The van der Waals surface area contributed by atoms with Gasteiger partial charge in [0.05, 0.1) is 21.3 Å². The molecule has 0 bridgehead atoms. The van der Waals surface area contributed by atoms with E-state index < -0.39 is 52.4 Å². The van der Waals surface area contributed by atoms with E-state index in [-0.39, 0.29) is 33.9 Å². The number of rotatable bonds is 11. The average molecular weight is 605 g/mol. The van der Waals surface area contributed by atoms with Gasteiger partial charge in [0.2, 0.25) is 18.2 Å². The lowest BCUT2D eigenvalue weighted by atomic mass is 9.86. The van der Waals surface area contributed by atoms with Crippen molar-refractivity contribution in [3.8, 4) is 17.2 Å². The van der Waals surface area contributed by atoms with E-state index in [2.05, 4.69) is 0 Å². The molecule has 0 saturated carbocycles. The summed E-state index contributed by atoms with van der Waals surface area (Å²) in [5, 5.41) is -3.96. The molecule has 3 aromatic carbocycles. The highest BCUT2D eigenvalue weighted by Crippen LogP contribution is 2.72. The van der Waals surface area contributed by atoms with Gasteiger partial charge in [0.25, 0.3) is 0 Å². The number of carbonyl (C=O) groups excluding carboxylic acids is 3. The number of hydrogen-bond donors (Lipinski definition) is 0. The lowest BCUT2D eigenvalue weighted by molar-refractivity contribution is -0.159. The molecular formula is C31H32F3O7P. The first-order valence-electron chi connectivity index (χ1n) is 12.9. The summed E-state index contributed by atoms with van der Waals surface area (Å²) < 4.78 is 78.5. The fourth-order valence-electron chi connectivity index (χ4n) is 5.31. The molecule has 3 aromatic rings. The van der Waals surface area contributed by atoms with Gasteiger partial charge in [-0.05, 0) is 30.9 Å². The molecule has 11 heteroatoms. The van der Waals surface area contributed by atoms with Crippen molar-refractivity contribution in [3.63, 3.8) is 0 Å². The van der Waals surface area contributed by atoms with E-state index in [9.17, 15) is 14.4 Å². The number of ketones is 1. The maximum absolute atomic E-state index is 15.7. The van der Waals surface area contributed by atoms with Crippen LogP contribution in [0.5, 0.6) is 17.2 Å². The second-order valence-electron chi connectivity index (χ2n) is 10.0. The number of halogens is 3. The van der Waals surface area contributed by atoms with Crippen LogP contribution in [0.1, 0.15) is 56.0 Å². The smallest absolute Gasteiger partial charge is 0.409 e. The molecule has 2 unspecified atom stereocenters. The van der Waals surface area contributed by atoms with E-state index in [0.717, 1.165) is 40.2 Å². The predicted octanol–water partition coefficient (Wildman–Crippen LogP) is 7.51. The van der Waals surface area contributed by atoms with Gasteiger partial charge < -0.3 is 18.8 Å². The van der Waals surface area contributed by atoms with Gasteiger partial charge in [-0.2, -0.15) is 13.2 Å². The molecule has 3 rings (SSSR count). The van der Waals surface area contributed by atoms with Crippen molar-refractivity contribution < 1.29 is 46.3 Å². The van der Waals surface area contributed by atoms with Crippen LogP contribution in [0.15, 0.2) is 60.7 Å². The van der Waals surface area contributed by atoms with E-state index in [1.165, 1.54) is 63.4 Å². The normalized spacial score (nSPS) is 14.5. The quantitative estimate of drug-likeness (QED) is 0.165. The van der Waals surface area contributed by atoms with E-state index in [0.29, 0.717) is 0 Å². The number of alkyl halides is 3. The molecule has 0 aromatic heterocycles. The summed E-state index contributed by atoms with van der Waals surface area (Å²) in [5.74, 6) is -4.07. The fourth-order valence-corrected chi connectivity index (χ4v) is 8.84. The predicted molar refractivity (Wildman–Crippen MR) is 153 cm³/mol. The maximum atomic E-state index is 15.7. The Morgan fingerprint density at radius 3 is 1.62 bits per heavy atom. The summed E-state index contributed by atoms with van der Waals surface area (Å²) in [6, 6.07) is 13.3. The van der Waals surface area contributed by atoms with Crippen LogP contribution in [0.2, 0.25) is 0 Å². The largest absolute Gasteiger partial charge is 0.496 e. The monoisotopic (exact) mass is 604 g/mol. The number of ether oxygens (including phenoxy) is 3. The Kier molecular flexibility index (Phi) is 9.42. The lowest BCUT2D eigenvalue weighted by Crippen LogP contribution is -2.58. The van der Waals surface area contributed by atoms with Crippen molar-refractivity contribution in [1.82, 2.24) is 0 Å². The zero-order chi connectivity index (χ0) is 31.6. The molecule has 224 valence electrons. The Balaban J connectivity index is 2.63. The molecule has 0 aliphatic rings. The van der Waals surface area contributed by atoms with Gasteiger partial charge in [-0.25, -0.2) is 0 Å². The molecular weight excluding hydrogens is 572 g/mol. The van der Waals surface area contributed by atoms with Crippen molar-refractivity contribution in [1.29, 1.82) is 0 Å². The summed E-state index contributed by atoms with van der Waals surface area (Å²) in [5.41, 5.74) is -4.41.